The van der Waals surface area contributed by atoms with Crippen LogP contribution in [0.2, 0.25) is 0 Å². The molecule has 0 aliphatic heterocycles. The van der Waals surface area contributed by atoms with E-state index in [0.29, 0.717) is 6.04 Å². The van der Waals surface area contributed by atoms with E-state index in [4.69, 9.17) is 6.42 Å². The van der Waals surface area contributed by atoms with Crippen LogP contribution < -0.4 is 5.32 Å². The zero-order valence-corrected chi connectivity index (χ0v) is 11.5. The van der Waals surface area contributed by atoms with Gasteiger partial charge in [0.05, 0.1) is 11.4 Å². The number of aromatic nitrogens is 2. The first-order valence-corrected chi connectivity index (χ1v) is 7.19. The molecule has 0 amide bonds. The summed E-state index contributed by atoms with van der Waals surface area (Å²) in [5, 5.41) is 7.90. The highest BCUT2D eigenvalue weighted by Crippen LogP contribution is 2.08. The lowest BCUT2D eigenvalue weighted by atomic mass is 10.3. The summed E-state index contributed by atoms with van der Waals surface area (Å²) in [5.41, 5.74) is 1.10. The standard InChI is InChI=1S/C13H21N3S/c1-4-9-17-10-7-14-11-13-6-8-16(15-13)12(3)5-2/h1,6,8,12,14H,5,7,9-11H2,2-3H3. The molecule has 0 bridgehead atoms. The highest BCUT2D eigenvalue weighted by atomic mass is 32.2. The number of nitrogens with one attached hydrogen (secondary N) is 1. The predicted octanol–water partition coefficient (Wildman–Crippen LogP) is 2.31. The van der Waals surface area contributed by atoms with Crippen molar-refractivity contribution in [2.75, 3.05) is 18.1 Å². The molecule has 1 heterocycles. The molecule has 0 saturated carbocycles. The quantitative estimate of drug-likeness (QED) is 0.568. The summed E-state index contributed by atoms with van der Waals surface area (Å²) < 4.78 is 2.03. The Morgan fingerprint density at radius 3 is 3.18 bits per heavy atom. The Bertz CT molecular complexity index is 354. The van der Waals surface area contributed by atoms with Crippen LogP contribution in [0.1, 0.15) is 32.0 Å². The Balaban J connectivity index is 2.19. The zero-order chi connectivity index (χ0) is 12.5. The summed E-state index contributed by atoms with van der Waals surface area (Å²) in [6, 6.07) is 2.56. The lowest BCUT2D eigenvalue weighted by Crippen LogP contribution is -2.17. The fourth-order valence-electron chi connectivity index (χ4n) is 1.40. The van der Waals surface area contributed by atoms with Gasteiger partial charge in [0.15, 0.2) is 0 Å². The third kappa shape index (κ3) is 5.29. The van der Waals surface area contributed by atoms with E-state index in [1.807, 2.05) is 4.68 Å². The second kappa shape index (κ2) is 8.21. The predicted molar refractivity (Wildman–Crippen MR) is 75.1 cm³/mol. The second-order valence-corrected chi connectivity index (χ2v) is 5.08. The molecule has 1 unspecified atom stereocenters. The lowest BCUT2D eigenvalue weighted by Gasteiger charge is -2.08. The second-order valence-electron chi connectivity index (χ2n) is 3.98. The highest BCUT2D eigenvalue weighted by Gasteiger charge is 2.03. The van der Waals surface area contributed by atoms with Crippen molar-refractivity contribution in [1.82, 2.24) is 15.1 Å². The third-order valence-corrected chi connectivity index (χ3v) is 3.48. The Hall–Kier alpha value is -0.920. The van der Waals surface area contributed by atoms with Crippen molar-refractivity contribution in [1.29, 1.82) is 0 Å². The average molecular weight is 251 g/mol. The van der Waals surface area contributed by atoms with Crippen LogP contribution in [-0.4, -0.2) is 27.8 Å². The van der Waals surface area contributed by atoms with Gasteiger partial charge in [-0.1, -0.05) is 12.8 Å². The van der Waals surface area contributed by atoms with Gasteiger partial charge < -0.3 is 5.32 Å². The zero-order valence-electron chi connectivity index (χ0n) is 10.6. The van der Waals surface area contributed by atoms with Gasteiger partial charge in [-0.15, -0.1) is 18.2 Å². The molecule has 0 aromatic carbocycles. The summed E-state index contributed by atoms with van der Waals surface area (Å²) in [5.74, 6) is 4.47. The van der Waals surface area contributed by atoms with Gasteiger partial charge in [0, 0.05) is 31.1 Å². The van der Waals surface area contributed by atoms with Crippen molar-refractivity contribution < 1.29 is 0 Å². The molecule has 1 N–H and O–H groups in total. The minimum Gasteiger partial charge on any atom is -0.310 e. The number of terminal acetylenes is 1. The smallest absolute Gasteiger partial charge is 0.0762 e. The third-order valence-electron chi connectivity index (χ3n) is 2.62. The first-order valence-electron chi connectivity index (χ1n) is 6.03. The summed E-state index contributed by atoms with van der Waals surface area (Å²) >= 11 is 1.78. The van der Waals surface area contributed by atoms with Crippen LogP contribution >= 0.6 is 11.8 Å². The molecule has 0 fully saturated rings. The fraction of sp³-hybridized carbons (Fsp3) is 0.615. The molecule has 0 aliphatic rings. The Morgan fingerprint density at radius 2 is 2.47 bits per heavy atom. The first-order chi connectivity index (χ1) is 8.27. The Morgan fingerprint density at radius 1 is 1.65 bits per heavy atom. The SMILES string of the molecule is C#CCSCCNCc1ccn(C(C)CC)n1. The summed E-state index contributed by atoms with van der Waals surface area (Å²) in [6.45, 7) is 6.16. The van der Waals surface area contributed by atoms with E-state index in [0.717, 1.165) is 36.7 Å². The van der Waals surface area contributed by atoms with Crippen molar-refractivity contribution >= 4 is 11.8 Å². The largest absolute Gasteiger partial charge is 0.310 e. The number of rotatable bonds is 8. The minimum absolute atomic E-state index is 0.481. The molecule has 4 heteroatoms. The molecule has 1 rings (SSSR count). The molecule has 0 aliphatic carbocycles. The lowest BCUT2D eigenvalue weighted by molar-refractivity contribution is 0.472. The van der Waals surface area contributed by atoms with E-state index in [1.165, 1.54) is 0 Å². The summed E-state index contributed by atoms with van der Waals surface area (Å²) in [4.78, 5) is 0. The maximum atomic E-state index is 5.17. The monoisotopic (exact) mass is 251 g/mol. The van der Waals surface area contributed by atoms with Crippen molar-refractivity contribution in [2.24, 2.45) is 0 Å². The molecule has 3 nitrogen and oxygen atoms in total. The van der Waals surface area contributed by atoms with Gasteiger partial charge >= 0.3 is 0 Å². The van der Waals surface area contributed by atoms with Crippen LogP contribution in [0.4, 0.5) is 0 Å². The number of nitrogens with zero attached hydrogens (tertiary/aromatic N) is 2. The van der Waals surface area contributed by atoms with Gasteiger partial charge in [0.2, 0.25) is 0 Å². The number of thioether (sulfide) groups is 1. The molecular weight excluding hydrogens is 230 g/mol. The van der Waals surface area contributed by atoms with E-state index in [9.17, 15) is 0 Å². The topological polar surface area (TPSA) is 29.9 Å². The van der Waals surface area contributed by atoms with Crippen LogP contribution in [0.25, 0.3) is 0 Å². The molecule has 1 atom stereocenters. The number of hydrogen-bond donors (Lipinski definition) is 1. The van der Waals surface area contributed by atoms with Crippen LogP contribution in [0, 0.1) is 12.3 Å². The molecule has 0 saturated heterocycles. The van der Waals surface area contributed by atoms with Gasteiger partial charge in [-0.2, -0.15) is 5.10 Å². The molecular formula is C13H21N3S. The molecule has 0 spiro atoms. The average Bonchev–Trinajstić information content (AvgIpc) is 2.81. The van der Waals surface area contributed by atoms with E-state index in [-0.39, 0.29) is 0 Å². The van der Waals surface area contributed by atoms with Crippen molar-refractivity contribution in [3.63, 3.8) is 0 Å². The first kappa shape index (κ1) is 14.1. The van der Waals surface area contributed by atoms with Gasteiger partial charge in [-0.3, -0.25) is 4.68 Å². The molecule has 1 aromatic heterocycles. The fourth-order valence-corrected chi connectivity index (χ4v) is 1.95. The minimum atomic E-state index is 0.481. The van der Waals surface area contributed by atoms with Crippen LogP contribution in [0.15, 0.2) is 12.3 Å². The van der Waals surface area contributed by atoms with E-state index >= 15 is 0 Å². The van der Waals surface area contributed by atoms with Crippen LogP contribution in [-0.2, 0) is 6.54 Å². The van der Waals surface area contributed by atoms with Gasteiger partial charge in [-0.25, -0.2) is 0 Å². The normalized spacial score (nSPS) is 12.3. The molecule has 94 valence electrons. The van der Waals surface area contributed by atoms with Crippen molar-refractivity contribution in [3.8, 4) is 12.3 Å². The summed E-state index contributed by atoms with van der Waals surface area (Å²) in [7, 11) is 0. The maximum absolute atomic E-state index is 5.17. The number of hydrogen-bond acceptors (Lipinski definition) is 3. The summed E-state index contributed by atoms with van der Waals surface area (Å²) in [6.07, 6.45) is 8.34. The molecule has 17 heavy (non-hydrogen) atoms. The Kier molecular flexibility index (Phi) is 6.83. The highest BCUT2D eigenvalue weighted by molar-refractivity contribution is 7.99. The van der Waals surface area contributed by atoms with E-state index < -0.39 is 0 Å². The van der Waals surface area contributed by atoms with Gasteiger partial charge in [0.25, 0.3) is 0 Å². The van der Waals surface area contributed by atoms with Gasteiger partial charge in [-0.05, 0) is 19.4 Å². The van der Waals surface area contributed by atoms with Crippen molar-refractivity contribution in [2.45, 2.75) is 32.9 Å². The van der Waals surface area contributed by atoms with E-state index in [2.05, 4.69) is 42.4 Å². The molecule has 0 radical (unpaired) electrons. The van der Waals surface area contributed by atoms with Crippen LogP contribution in [0.3, 0.4) is 0 Å². The molecule has 1 aromatic rings. The van der Waals surface area contributed by atoms with Gasteiger partial charge in [0.1, 0.15) is 0 Å². The van der Waals surface area contributed by atoms with Crippen LogP contribution in [0.5, 0.6) is 0 Å². The Labute approximate surface area is 108 Å². The van der Waals surface area contributed by atoms with Crippen molar-refractivity contribution in [3.05, 3.63) is 18.0 Å². The maximum Gasteiger partial charge on any atom is 0.0762 e. The van der Waals surface area contributed by atoms with E-state index in [1.54, 1.807) is 11.8 Å².